The van der Waals surface area contributed by atoms with E-state index in [0.717, 1.165) is 12.8 Å². The molecular formula is C18H25ClN2O4. The first-order chi connectivity index (χ1) is 12.0. The minimum Gasteiger partial charge on any atom is -0.382 e. The van der Waals surface area contributed by atoms with E-state index >= 15 is 0 Å². The predicted octanol–water partition coefficient (Wildman–Crippen LogP) is 2.96. The van der Waals surface area contributed by atoms with Gasteiger partial charge < -0.3 is 19.7 Å². The second-order valence-electron chi connectivity index (χ2n) is 5.95. The summed E-state index contributed by atoms with van der Waals surface area (Å²) in [6, 6.07) is 4.94. The van der Waals surface area contributed by atoms with E-state index in [1.165, 1.54) is 0 Å². The average molecular weight is 369 g/mol. The molecule has 1 fully saturated rings. The van der Waals surface area contributed by atoms with Crippen LogP contribution in [0.5, 0.6) is 0 Å². The molecule has 1 N–H and O–H groups in total. The van der Waals surface area contributed by atoms with Crippen molar-refractivity contribution in [2.45, 2.75) is 32.3 Å². The molecule has 1 aliphatic rings. The Morgan fingerprint density at radius 3 is 2.64 bits per heavy atom. The van der Waals surface area contributed by atoms with Crippen LogP contribution in [-0.2, 0) is 14.3 Å². The van der Waals surface area contributed by atoms with Crippen LogP contribution in [0.4, 0.5) is 5.69 Å². The Balaban J connectivity index is 2.00. The molecule has 0 saturated carbocycles. The number of amides is 2. The highest BCUT2D eigenvalue weighted by Gasteiger charge is 2.25. The van der Waals surface area contributed by atoms with Gasteiger partial charge in [0.2, 0.25) is 5.91 Å². The van der Waals surface area contributed by atoms with Gasteiger partial charge in [0.25, 0.3) is 5.91 Å². The highest BCUT2D eigenvalue weighted by Crippen LogP contribution is 2.24. The zero-order valence-electron chi connectivity index (χ0n) is 14.7. The van der Waals surface area contributed by atoms with Gasteiger partial charge >= 0.3 is 0 Å². The molecule has 0 unspecified atom stereocenters. The zero-order valence-corrected chi connectivity index (χ0v) is 15.5. The summed E-state index contributed by atoms with van der Waals surface area (Å²) in [6.45, 7) is 4.15. The number of benzene rings is 1. The molecule has 0 radical (unpaired) electrons. The number of anilines is 1. The summed E-state index contributed by atoms with van der Waals surface area (Å²) < 4.78 is 10.7. The minimum atomic E-state index is -0.151. The summed E-state index contributed by atoms with van der Waals surface area (Å²) in [5.74, 6) is -0.250. The lowest BCUT2D eigenvalue weighted by atomic mass is 10.1. The van der Waals surface area contributed by atoms with Gasteiger partial charge in [0, 0.05) is 31.6 Å². The van der Waals surface area contributed by atoms with E-state index in [1.807, 2.05) is 0 Å². The fourth-order valence-electron chi connectivity index (χ4n) is 2.74. The lowest BCUT2D eigenvalue weighted by molar-refractivity contribution is -0.115. The molecule has 1 aliphatic heterocycles. The molecule has 6 nitrogen and oxygen atoms in total. The summed E-state index contributed by atoms with van der Waals surface area (Å²) in [4.78, 5) is 26.3. The topological polar surface area (TPSA) is 67.9 Å². The molecule has 1 aromatic rings. The maximum Gasteiger partial charge on any atom is 0.255 e. The molecule has 138 valence electrons. The van der Waals surface area contributed by atoms with E-state index in [1.54, 1.807) is 37.1 Å². The summed E-state index contributed by atoms with van der Waals surface area (Å²) in [5, 5.41) is 3.23. The lowest BCUT2D eigenvalue weighted by Gasteiger charge is -2.32. The summed E-state index contributed by atoms with van der Waals surface area (Å²) >= 11 is 6.01. The monoisotopic (exact) mass is 368 g/mol. The number of nitrogens with one attached hydrogen (secondary N) is 1. The summed E-state index contributed by atoms with van der Waals surface area (Å²) in [7, 11) is 1.64. The van der Waals surface area contributed by atoms with E-state index in [2.05, 4.69) is 5.32 Å². The van der Waals surface area contributed by atoms with E-state index in [0.29, 0.717) is 49.0 Å². The van der Waals surface area contributed by atoms with Crippen LogP contribution >= 0.6 is 11.6 Å². The molecule has 0 aliphatic carbocycles. The molecular weight excluding hydrogens is 344 g/mol. The minimum absolute atomic E-state index is 0.0987. The third-order valence-electron chi connectivity index (χ3n) is 4.18. The number of hydrogen-bond donors (Lipinski definition) is 1. The Kier molecular flexibility index (Phi) is 7.68. The predicted molar refractivity (Wildman–Crippen MR) is 97.1 cm³/mol. The van der Waals surface area contributed by atoms with Crippen LogP contribution in [0.3, 0.4) is 0 Å². The van der Waals surface area contributed by atoms with Gasteiger partial charge in [-0.05, 0) is 31.0 Å². The summed E-state index contributed by atoms with van der Waals surface area (Å²) in [5.41, 5.74) is 0.924. The molecule has 1 heterocycles. The number of likely N-dealkylation sites (tertiary alicyclic amines) is 1. The van der Waals surface area contributed by atoms with Gasteiger partial charge in [-0.25, -0.2) is 0 Å². The molecule has 25 heavy (non-hydrogen) atoms. The average Bonchev–Trinajstić information content (AvgIpc) is 2.62. The highest BCUT2D eigenvalue weighted by atomic mass is 35.5. The van der Waals surface area contributed by atoms with Crippen molar-refractivity contribution in [3.05, 3.63) is 28.8 Å². The second kappa shape index (κ2) is 9.75. The number of carbonyl (C=O) groups is 2. The first-order valence-corrected chi connectivity index (χ1v) is 8.92. The van der Waals surface area contributed by atoms with E-state index in [4.69, 9.17) is 21.1 Å². The van der Waals surface area contributed by atoms with Crippen molar-refractivity contribution in [1.29, 1.82) is 0 Å². The number of rotatable bonds is 7. The van der Waals surface area contributed by atoms with Crippen molar-refractivity contribution in [3.63, 3.8) is 0 Å². The van der Waals surface area contributed by atoms with E-state index < -0.39 is 0 Å². The smallest absolute Gasteiger partial charge is 0.255 e. The van der Waals surface area contributed by atoms with E-state index in [9.17, 15) is 9.59 Å². The Hall–Kier alpha value is -1.63. The largest absolute Gasteiger partial charge is 0.382 e. The number of piperidine rings is 1. The van der Waals surface area contributed by atoms with Crippen molar-refractivity contribution < 1.29 is 19.1 Å². The third-order valence-corrected chi connectivity index (χ3v) is 4.41. The van der Waals surface area contributed by atoms with Crippen molar-refractivity contribution in [2.24, 2.45) is 0 Å². The van der Waals surface area contributed by atoms with Crippen molar-refractivity contribution in [3.8, 4) is 0 Å². The fourth-order valence-corrected chi connectivity index (χ4v) is 2.91. The molecule has 7 heteroatoms. The Bertz CT molecular complexity index is 601. The molecule has 0 spiro atoms. The molecule has 0 atom stereocenters. The number of carbonyl (C=O) groups excluding carboxylic acids is 2. The van der Waals surface area contributed by atoms with Crippen molar-refractivity contribution >= 4 is 29.1 Å². The molecule has 1 aromatic carbocycles. The first kappa shape index (κ1) is 19.7. The van der Waals surface area contributed by atoms with Crippen LogP contribution in [0.15, 0.2) is 18.2 Å². The second-order valence-corrected chi connectivity index (χ2v) is 6.38. The first-order valence-electron chi connectivity index (χ1n) is 8.54. The Morgan fingerprint density at radius 1 is 1.28 bits per heavy atom. The lowest BCUT2D eigenvalue weighted by Crippen LogP contribution is -2.41. The van der Waals surface area contributed by atoms with Gasteiger partial charge in [-0.3, -0.25) is 9.59 Å². The number of nitrogens with zero attached hydrogens (tertiary/aromatic N) is 1. The van der Waals surface area contributed by atoms with Gasteiger partial charge in [0.1, 0.15) is 0 Å². The van der Waals surface area contributed by atoms with Gasteiger partial charge in [-0.2, -0.15) is 0 Å². The van der Waals surface area contributed by atoms with Crippen LogP contribution in [0.2, 0.25) is 5.02 Å². The molecule has 2 rings (SSSR count). The standard InChI is InChI=1S/C18H25ClN2O4/c1-3-17(22)20-16-12-13(19)4-5-15(16)18(23)21-8-6-14(7-9-21)25-11-10-24-2/h4-5,12,14H,3,6-11H2,1-2H3,(H,20,22). The van der Waals surface area contributed by atoms with Crippen LogP contribution < -0.4 is 5.32 Å². The third kappa shape index (κ3) is 5.70. The SMILES string of the molecule is CCC(=O)Nc1cc(Cl)ccc1C(=O)N1CCC(OCCOC)CC1. The highest BCUT2D eigenvalue weighted by molar-refractivity contribution is 6.31. The molecule has 2 amide bonds. The molecule has 0 bridgehead atoms. The normalized spacial score (nSPS) is 15.2. The van der Waals surface area contributed by atoms with Gasteiger partial charge in [-0.1, -0.05) is 18.5 Å². The fraction of sp³-hybridized carbons (Fsp3) is 0.556. The maximum absolute atomic E-state index is 12.8. The maximum atomic E-state index is 12.8. The van der Waals surface area contributed by atoms with Gasteiger partial charge in [0.05, 0.1) is 30.6 Å². The van der Waals surface area contributed by atoms with E-state index in [-0.39, 0.29) is 17.9 Å². The van der Waals surface area contributed by atoms with Gasteiger partial charge in [-0.15, -0.1) is 0 Å². The summed E-state index contributed by atoms with van der Waals surface area (Å²) in [6.07, 6.45) is 2.08. The molecule has 1 saturated heterocycles. The Morgan fingerprint density at radius 2 is 2.00 bits per heavy atom. The van der Waals surface area contributed by atoms with Crippen LogP contribution in [0.1, 0.15) is 36.5 Å². The number of hydrogen-bond acceptors (Lipinski definition) is 4. The van der Waals surface area contributed by atoms with Crippen LogP contribution in [0.25, 0.3) is 0 Å². The number of ether oxygens (including phenoxy) is 2. The Labute approximate surface area is 153 Å². The quantitative estimate of drug-likeness (QED) is 0.751. The van der Waals surface area contributed by atoms with Crippen LogP contribution in [0, 0.1) is 0 Å². The number of halogens is 1. The van der Waals surface area contributed by atoms with Gasteiger partial charge in [0.15, 0.2) is 0 Å². The van der Waals surface area contributed by atoms with Crippen molar-refractivity contribution in [1.82, 2.24) is 4.90 Å². The number of methoxy groups -OCH3 is 1. The molecule has 0 aromatic heterocycles. The van der Waals surface area contributed by atoms with Crippen LogP contribution in [-0.4, -0.2) is 56.2 Å². The van der Waals surface area contributed by atoms with Crippen molar-refractivity contribution in [2.75, 3.05) is 38.7 Å². The zero-order chi connectivity index (χ0) is 18.2.